The quantitative estimate of drug-likeness (QED) is 0.565. The Morgan fingerprint density at radius 2 is 1.48 bits per heavy atom. The van der Waals surface area contributed by atoms with Crippen molar-refractivity contribution >= 4 is 33.3 Å². The fourth-order valence-corrected chi connectivity index (χ4v) is 5.31. The van der Waals surface area contributed by atoms with Crippen LogP contribution in [0.1, 0.15) is 39.5 Å². The highest BCUT2D eigenvalue weighted by Crippen LogP contribution is 2.23. The number of hydrogen-bond donors (Lipinski definition) is 3. The molecule has 3 amide bonds. The molecule has 1 aliphatic heterocycles. The first-order valence-electron chi connectivity index (χ1n) is 11.3. The zero-order valence-electron chi connectivity index (χ0n) is 19.1. The summed E-state index contributed by atoms with van der Waals surface area (Å²) in [6.45, 7) is 4.67. The number of rotatable bonds is 7. The SMILES string of the molecule is CC(C)C(NC(=O)Nc1ccccc1)C(=O)Nc1cccc(S(=O)(=O)N2CCCCCC2)c1. The van der Waals surface area contributed by atoms with Crippen LogP contribution in [0.4, 0.5) is 16.2 Å². The van der Waals surface area contributed by atoms with Crippen molar-refractivity contribution in [3.8, 4) is 0 Å². The van der Waals surface area contributed by atoms with Crippen LogP contribution in [0.2, 0.25) is 0 Å². The van der Waals surface area contributed by atoms with E-state index in [1.165, 1.54) is 10.4 Å². The first kappa shape index (κ1) is 24.7. The number of sulfonamides is 1. The number of nitrogens with one attached hydrogen (secondary N) is 3. The molecule has 1 saturated heterocycles. The van der Waals surface area contributed by atoms with Crippen molar-refractivity contribution in [3.63, 3.8) is 0 Å². The Labute approximate surface area is 195 Å². The van der Waals surface area contributed by atoms with Gasteiger partial charge in [-0.15, -0.1) is 0 Å². The van der Waals surface area contributed by atoms with Gasteiger partial charge in [-0.1, -0.05) is 51.0 Å². The molecule has 1 fully saturated rings. The van der Waals surface area contributed by atoms with Crippen LogP contribution in [0.15, 0.2) is 59.5 Å². The fraction of sp³-hybridized carbons (Fsp3) is 0.417. The predicted molar refractivity (Wildman–Crippen MR) is 130 cm³/mol. The summed E-state index contributed by atoms with van der Waals surface area (Å²) in [7, 11) is -3.63. The molecule has 1 unspecified atom stereocenters. The van der Waals surface area contributed by atoms with Gasteiger partial charge in [-0.2, -0.15) is 4.31 Å². The molecule has 3 N–H and O–H groups in total. The highest BCUT2D eigenvalue weighted by Gasteiger charge is 2.27. The normalized spacial score (nSPS) is 16.0. The van der Waals surface area contributed by atoms with Crippen molar-refractivity contribution in [2.75, 3.05) is 23.7 Å². The molecule has 0 bridgehead atoms. The third-order valence-corrected chi connectivity index (χ3v) is 7.47. The number of benzene rings is 2. The topological polar surface area (TPSA) is 108 Å². The molecule has 0 spiro atoms. The largest absolute Gasteiger partial charge is 0.326 e. The van der Waals surface area contributed by atoms with Crippen LogP contribution in [0.25, 0.3) is 0 Å². The van der Waals surface area contributed by atoms with Crippen molar-refractivity contribution in [3.05, 3.63) is 54.6 Å². The standard InChI is InChI=1S/C24H32N4O4S/c1-18(2)22(27-24(30)26-19-11-6-5-7-12-19)23(29)25-20-13-10-14-21(17-20)33(31,32)28-15-8-3-4-9-16-28/h5-7,10-14,17-18,22H,3-4,8-9,15-16H2,1-2H3,(H,25,29)(H2,26,27,30). The first-order valence-corrected chi connectivity index (χ1v) is 12.7. The van der Waals surface area contributed by atoms with Crippen LogP contribution in [-0.4, -0.2) is 43.8 Å². The summed E-state index contributed by atoms with van der Waals surface area (Å²) in [5, 5.41) is 8.16. The van der Waals surface area contributed by atoms with Crippen LogP contribution in [0.3, 0.4) is 0 Å². The van der Waals surface area contributed by atoms with Gasteiger partial charge in [0.1, 0.15) is 6.04 Å². The second-order valence-corrected chi connectivity index (χ2v) is 10.5. The van der Waals surface area contributed by atoms with E-state index in [9.17, 15) is 18.0 Å². The molecular weight excluding hydrogens is 440 g/mol. The molecular formula is C24H32N4O4S. The molecule has 1 atom stereocenters. The number of hydrogen-bond acceptors (Lipinski definition) is 4. The van der Waals surface area contributed by atoms with Crippen LogP contribution < -0.4 is 16.0 Å². The Morgan fingerprint density at radius 3 is 2.12 bits per heavy atom. The van der Waals surface area contributed by atoms with E-state index < -0.39 is 28.0 Å². The molecule has 0 saturated carbocycles. The van der Waals surface area contributed by atoms with Gasteiger partial charge < -0.3 is 16.0 Å². The second kappa shape index (κ2) is 11.3. The van der Waals surface area contributed by atoms with Crippen LogP contribution in [0.5, 0.6) is 0 Å². The van der Waals surface area contributed by atoms with E-state index >= 15 is 0 Å². The second-order valence-electron chi connectivity index (χ2n) is 8.52. The lowest BCUT2D eigenvalue weighted by molar-refractivity contribution is -0.118. The van der Waals surface area contributed by atoms with Gasteiger partial charge in [-0.3, -0.25) is 4.79 Å². The molecule has 8 nitrogen and oxygen atoms in total. The number of carbonyl (C=O) groups excluding carboxylic acids is 2. The number of para-hydroxylation sites is 1. The average molecular weight is 473 g/mol. The summed E-state index contributed by atoms with van der Waals surface area (Å²) in [5.41, 5.74) is 0.983. The van der Waals surface area contributed by atoms with E-state index in [1.54, 1.807) is 42.5 Å². The smallest absolute Gasteiger partial charge is 0.319 e. The summed E-state index contributed by atoms with van der Waals surface area (Å²) >= 11 is 0. The maximum Gasteiger partial charge on any atom is 0.319 e. The fourth-order valence-electron chi connectivity index (χ4n) is 3.75. The van der Waals surface area contributed by atoms with Crippen molar-refractivity contribution in [2.24, 2.45) is 5.92 Å². The number of amides is 3. The van der Waals surface area contributed by atoms with Gasteiger partial charge >= 0.3 is 6.03 Å². The molecule has 0 radical (unpaired) electrons. The number of urea groups is 1. The Hall–Kier alpha value is -2.91. The van der Waals surface area contributed by atoms with Crippen molar-refractivity contribution in [1.82, 2.24) is 9.62 Å². The lowest BCUT2D eigenvalue weighted by Crippen LogP contribution is -2.48. The monoisotopic (exact) mass is 472 g/mol. The molecule has 2 aromatic carbocycles. The zero-order valence-corrected chi connectivity index (χ0v) is 19.9. The molecule has 9 heteroatoms. The minimum Gasteiger partial charge on any atom is -0.326 e. The van der Waals surface area contributed by atoms with Crippen LogP contribution in [-0.2, 0) is 14.8 Å². The Morgan fingerprint density at radius 1 is 0.848 bits per heavy atom. The van der Waals surface area contributed by atoms with E-state index in [0.717, 1.165) is 25.7 Å². The van der Waals surface area contributed by atoms with Gasteiger partial charge in [0.15, 0.2) is 0 Å². The Balaban J connectivity index is 1.69. The van der Waals surface area contributed by atoms with Gasteiger partial charge in [-0.25, -0.2) is 13.2 Å². The predicted octanol–water partition coefficient (Wildman–Crippen LogP) is 4.04. The summed E-state index contributed by atoms with van der Waals surface area (Å²) < 4.78 is 27.7. The third-order valence-electron chi connectivity index (χ3n) is 5.57. The highest BCUT2D eigenvalue weighted by molar-refractivity contribution is 7.89. The molecule has 2 aromatic rings. The average Bonchev–Trinajstić information content (AvgIpc) is 3.08. The van der Waals surface area contributed by atoms with Gasteiger partial charge in [0.2, 0.25) is 15.9 Å². The van der Waals surface area contributed by atoms with Crippen LogP contribution >= 0.6 is 0 Å². The lowest BCUT2D eigenvalue weighted by atomic mass is 10.0. The lowest BCUT2D eigenvalue weighted by Gasteiger charge is -2.23. The van der Waals surface area contributed by atoms with Crippen LogP contribution in [0, 0.1) is 5.92 Å². The minimum absolute atomic E-state index is 0.151. The van der Waals surface area contributed by atoms with E-state index in [0.29, 0.717) is 24.5 Å². The number of anilines is 2. The summed E-state index contributed by atoms with van der Waals surface area (Å²) in [5.74, 6) is -0.604. The molecule has 33 heavy (non-hydrogen) atoms. The first-order chi connectivity index (χ1) is 15.8. The minimum atomic E-state index is -3.63. The molecule has 1 heterocycles. The van der Waals surface area contributed by atoms with E-state index in [-0.39, 0.29) is 10.8 Å². The highest BCUT2D eigenvalue weighted by atomic mass is 32.2. The van der Waals surface area contributed by atoms with E-state index in [1.807, 2.05) is 19.9 Å². The molecule has 0 aliphatic carbocycles. The van der Waals surface area contributed by atoms with Gasteiger partial charge in [0, 0.05) is 24.5 Å². The molecule has 3 rings (SSSR count). The molecule has 1 aliphatic rings. The van der Waals surface area contributed by atoms with Crippen molar-refractivity contribution in [2.45, 2.75) is 50.5 Å². The van der Waals surface area contributed by atoms with E-state index in [2.05, 4.69) is 16.0 Å². The number of carbonyl (C=O) groups is 2. The van der Waals surface area contributed by atoms with Gasteiger partial charge in [0.25, 0.3) is 0 Å². The van der Waals surface area contributed by atoms with Gasteiger partial charge in [0.05, 0.1) is 4.90 Å². The Kier molecular flexibility index (Phi) is 8.46. The zero-order chi connectivity index (χ0) is 23.8. The maximum absolute atomic E-state index is 13.1. The maximum atomic E-state index is 13.1. The van der Waals surface area contributed by atoms with Gasteiger partial charge in [-0.05, 0) is 49.1 Å². The summed E-state index contributed by atoms with van der Waals surface area (Å²) in [4.78, 5) is 25.5. The van der Waals surface area contributed by atoms with Crippen molar-refractivity contribution in [1.29, 1.82) is 0 Å². The van der Waals surface area contributed by atoms with Crippen molar-refractivity contribution < 1.29 is 18.0 Å². The summed E-state index contributed by atoms with van der Waals surface area (Å²) in [6.07, 6.45) is 3.76. The van der Waals surface area contributed by atoms with E-state index in [4.69, 9.17) is 0 Å². The molecule has 178 valence electrons. The summed E-state index contributed by atoms with van der Waals surface area (Å²) in [6, 6.07) is 13.9. The third kappa shape index (κ3) is 6.79. The molecule has 0 aromatic heterocycles. The Bertz CT molecular complexity index is 1050. The number of nitrogens with zero attached hydrogens (tertiary/aromatic N) is 1.